The van der Waals surface area contributed by atoms with Crippen LogP contribution in [0.4, 0.5) is 8.78 Å². The van der Waals surface area contributed by atoms with E-state index in [1.54, 1.807) is 4.90 Å². The van der Waals surface area contributed by atoms with Crippen LogP contribution in [0.5, 0.6) is 5.75 Å². The Balaban J connectivity index is 1.66. The zero-order valence-corrected chi connectivity index (χ0v) is 13.1. The molecule has 3 fully saturated rings. The molecule has 24 heavy (non-hydrogen) atoms. The second-order valence-electron chi connectivity index (χ2n) is 6.18. The molecule has 2 atom stereocenters. The largest absolute Gasteiger partial charge is 0.491 e. The van der Waals surface area contributed by atoms with Gasteiger partial charge in [-0.3, -0.25) is 9.59 Å². The number of carbonyl (C=O) groups excluding carboxylic acids is 2. The number of carbonyl (C=O) groups is 2. The lowest BCUT2D eigenvalue weighted by Gasteiger charge is -2.31. The monoisotopic (exact) mass is 338 g/mol. The standard InChI is InChI=1S/C16H16F2N2O4/c1-23-14-10(17)6-9(7-11(14)18)15(22)19-3-2-16-12(19)8-13(21)20(16)4-5-24-16/h6-7,12H,2-5,8H2,1H3/t12-,16+/m1/s1. The van der Waals surface area contributed by atoms with E-state index in [2.05, 4.69) is 4.74 Å². The summed E-state index contributed by atoms with van der Waals surface area (Å²) in [5, 5.41) is 0. The summed E-state index contributed by atoms with van der Waals surface area (Å²) in [6.07, 6.45) is 0.684. The number of halogens is 2. The highest BCUT2D eigenvalue weighted by atomic mass is 19.1. The van der Waals surface area contributed by atoms with Crippen molar-refractivity contribution < 1.29 is 27.8 Å². The first-order chi connectivity index (χ1) is 11.5. The van der Waals surface area contributed by atoms with Crippen molar-refractivity contribution in [2.45, 2.75) is 24.6 Å². The summed E-state index contributed by atoms with van der Waals surface area (Å²) < 4.78 is 38.2. The Morgan fingerprint density at radius 2 is 2.04 bits per heavy atom. The molecule has 0 N–H and O–H groups in total. The first-order valence-corrected chi connectivity index (χ1v) is 7.76. The van der Waals surface area contributed by atoms with Crippen molar-refractivity contribution in [1.29, 1.82) is 0 Å². The van der Waals surface area contributed by atoms with Crippen LogP contribution in [0.25, 0.3) is 0 Å². The summed E-state index contributed by atoms with van der Waals surface area (Å²) in [4.78, 5) is 28.1. The fourth-order valence-corrected chi connectivity index (χ4v) is 4.08. The lowest BCUT2D eigenvalue weighted by molar-refractivity contribution is -0.136. The molecule has 1 spiro atoms. The number of amides is 2. The Morgan fingerprint density at radius 1 is 1.33 bits per heavy atom. The second kappa shape index (κ2) is 5.14. The summed E-state index contributed by atoms with van der Waals surface area (Å²) in [5.74, 6) is -2.96. The van der Waals surface area contributed by atoms with E-state index in [1.807, 2.05) is 0 Å². The van der Waals surface area contributed by atoms with Crippen molar-refractivity contribution >= 4 is 11.8 Å². The van der Waals surface area contributed by atoms with Gasteiger partial charge in [-0.25, -0.2) is 8.78 Å². The van der Waals surface area contributed by atoms with E-state index in [-0.39, 0.29) is 17.9 Å². The van der Waals surface area contributed by atoms with Crippen LogP contribution in [0.3, 0.4) is 0 Å². The molecule has 0 aliphatic carbocycles. The number of hydrogen-bond acceptors (Lipinski definition) is 4. The molecule has 3 aliphatic rings. The minimum atomic E-state index is -0.934. The average molecular weight is 338 g/mol. The van der Waals surface area contributed by atoms with Gasteiger partial charge in [0.2, 0.25) is 5.91 Å². The molecule has 2 amide bonds. The third kappa shape index (κ3) is 1.89. The maximum absolute atomic E-state index is 13.9. The molecule has 6 nitrogen and oxygen atoms in total. The Kier molecular flexibility index (Phi) is 3.28. The number of likely N-dealkylation sites (tertiary alicyclic amines) is 1. The number of methoxy groups -OCH3 is 1. The number of nitrogens with zero attached hydrogens (tertiary/aromatic N) is 2. The first kappa shape index (κ1) is 15.3. The van der Waals surface area contributed by atoms with Crippen LogP contribution < -0.4 is 4.74 Å². The van der Waals surface area contributed by atoms with Gasteiger partial charge in [-0.2, -0.15) is 0 Å². The molecule has 1 aromatic rings. The number of hydrogen-bond donors (Lipinski definition) is 0. The number of benzene rings is 1. The molecule has 4 rings (SSSR count). The van der Waals surface area contributed by atoms with E-state index in [0.717, 1.165) is 19.2 Å². The van der Waals surface area contributed by atoms with Crippen molar-refractivity contribution in [3.8, 4) is 5.75 Å². The quantitative estimate of drug-likeness (QED) is 0.812. The van der Waals surface area contributed by atoms with E-state index < -0.39 is 35.1 Å². The fraction of sp³-hybridized carbons (Fsp3) is 0.500. The summed E-state index contributed by atoms with van der Waals surface area (Å²) >= 11 is 0. The molecule has 0 radical (unpaired) electrons. The summed E-state index contributed by atoms with van der Waals surface area (Å²) in [6.45, 7) is 1.34. The topological polar surface area (TPSA) is 59.1 Å². The van der Waals surface area contributed by atoms with Gasteiger partial charge in [-0.15, -0.1) is 0 Å². The van der Waals surface area contributed by atoms with Gasteiger partial charge in [0.05, 0.1) is 26.2 Å². The van der Waals surface area contributed by atoms with Gasteiger partial charge in [-0.1, -0.05) is 0 Å². The molecule has 3 heterocycles. The van der Waals surface area contributed by atoms with Crippen LogP contribution in [0, 0.1) is 11.6 Å². The van der Waals surface area contributed by atoms with Gasteiger partial charge in [0.1, 0.15) is 0 Å². The van der Waals surface area contributed by atoms with E-state index in [4.69, 9.17) is 4.74 Å². The highest BCUT2D eigenvalue weighted by molar-refractivity contribution is 5.96. The predicted octanol–water partition coefficient (Wildman–Crippen LogP) is 1.15. The number of rotatable bonds is 2. The Labute approximate surface area is 136 Å². The lowest BCUT2D eigenvalue weighted by Crippen LogP contribution is -2.48. The molecular formula is C16H16F2N2O4. The van der Waals surface area contributed by atoms with Gasteiger partial charge in [-0.05, 0) is 12.1 Å². The van der Waals surface area contributed by atoms with Crippen LogP contribution in [0.15, 0.2) is 12.1 Å². The SMILES string of the molecule is COc1c(F)cc(C(=O)N2CC[C@@]34OCCN3C(=O)C[C@@H]24)cc1F. The molecule has 0 saturated carbocycles. The zero-order valence-electron chi connectivity index (χ0n) is 13.1. The molecule has 0 bridgehead atoms. The normalized spacial score (nSPS) is 28.3. The fourth-order valence-electron chi connectivity index (χ4n) is 4.08. The third-order valence-corrected chi connectivity index (χ3v) is 5.11. The van der Waals surface area contributed by atoms with Gasteiger partial charge in [0, 0.05) is 25.1 Å². The van der Waals surface area contributed by atoms with E-state index in [0.29, 0.717) is 26.1 Å². The van der Waals surface area contributed by atoms with Crippen molar-refractivity contribution in [2.24, 2.45) is 0 Å². The minimum absolute atomic E-state index is 0.0536. The molecule has 0 unspecified atom stereocenters. The molecule has 128 valence electrons. The van der Waals surface area contributed by atoms with Crippen molar-refractivity contribution in [1.82, 2.24) is 9.80 Å². The van der Waals surface area contributed by atoms with Crippen molar-refractivity contribution in [2.75, 3.05) is 26.8 Å². The van der Waals surface area contributed by atoms with Crippen LogP contribution in [0.1, 0.15) is 23.2 Å². The van der Waals surface area contributed by atoms with Gasteiger partial charge < -0.3 is 19.3 Å². The molecule has 3 saturated heterocycles. The molecule has 8 heteroatoms. The highest BCUT2D eigenvalue weighted by Crippen LogP contribution is 2.46. The summed E-state index contributed by atoms with van der Waals surface area (Å²) in [7, 11) is 1.16. The smallest absolute Gasteiger partial charge is 0.254 e. The maximum atomic E-state index is 13.9. The first-order valence-electron chi connectivity index (χ1n) is 7.76. The Bertz CT molecular complexity index is 718. The van der Waals surface area contributed by atoms with E-state index >= 15 is 0 Å². The summed E-state index contributed by atoms with van der Waals surface area (Å²) in [6, 6.07) is 1.49. The summed E-state index contributed by atoms with van der Waals surface area (Å²) in [5.41, 5.74) is -0.872. The second-order valence-corrected chi connectivity index (χ2v) is 6.18. The molecule has 0 aromatic heterocycles. The Morgan fingerprint density at radius 3 is 2.71 bits per heavy atom. The van der Waals surface area contributed by atoms with Gasteiger partial charge in [0.15, 0.2) is 23.1 Å². The highest BCUT2D eigenvalue weighted by Gasteiger charge is 2.62. The van der Waals surface area contributed by atoms with Crippen LogP contribution in [0.2, 0.25) is 0 Å². The van der Waals surface area contributed by atoms with Crippen LogP contribution in [-0.2, 0) is 9.53 Å². The van der Waals surface area contributed by atoms with Crippen molar-refractivity contribution in [3.05, 3.63) is 29.3 Å². The zero-order chi connectivity index (χ0) is 17.1. The van der Waals surface area contributed by atoms with E-state index in [1.165, 1.54) is 4.90 Å². The van der Waals surface area contributed by atoms with Gasteiger partial charge in [0.25, 0.3) is 5.91 Å². The Hall–Kier alpha value is -2.22. The molecule has 3 aliphatic heterocycles. The van der Waals surface area contributed by atoms with Crippen LogP contribution >= 0.6 is 0 Å². The third-order valence-electron chi connectivity index (χ3n) is 5.11. The lowest BCUT2D eigenvalue weighted by atomic mass is 10.1. The maximum Gasteiger partial charge on any atom is 0.254 e. The molecular weight excluding hydrogens is 322 g/mol. The van der Waals surface area contributed by atoms with Gasteiger partial charge >= 0.3 is 0 Å². The molecule has 1 aromatic carbocycles. The van der Waals surface area contributed by atoms with Crippen molar-refractivity contribution in [3.63, 3.8) is 0 Å². The minimum Gasteiger partial charge on any atom is -0.491 e. The van der Waals surface area contributed by atoms with E-state index in [9.17, 15) is 18.4 Å². The number of ether oxygens (including phenoxy) is 2. The van der Waals surface area contributed by atoms with Crippen LogP contribution in [-0.4, -0.2) is 60.2 Å². The predicted molar refractivity (Wildman–Crippen MR) is 77.4 cm³/mol. The average Bonchev–Trinajstić information content (AvgIpc) is 3.18.